The molecule has 0 radical (unpaired) electrons. The van der Waals surface area contributed by atoms with E-state index in [-0.39, 0.29) is 0 Å². The van der Waals surface area contributed by atoms with Crippen LogP contribution in [0.1, 0.15) is 36.1 Å². The fourth-order valence-corrected chi connectivity index (χ4v) is 3.98. The highest BCUT2D eigenvalue weighted by molar-refractivity contribution is 6.07. The number of ether oxygens (including phenoxy) is 2. The van der Waals surface area contributed by atoms with Gasteiger partial charge in [-0.25, -0.2) is 9.59 Å². The van der Waals surface area contributed by atoms with Gasteiger partial charge in [0.25, 0.3) is 0 Å². The molecule has 0 N–H and O–H groups in total. The third-order valence-corrected chi connectivity index (χ3v) is 5.79. The van der Waals surface area contributed by atoms with E-state index in [0.717, 1.165) is 22.3 Å². The van der Waals surface area contributed by atoms with Crippen molar-refractivity contribution >= 4 is 23.1 Å². The van der Waals surface area contributed by atoms with Gasteiger partial charge in [-0.15, -0.1) is 0 Å². The smallest absolute Gasteiger partial charge is 0.338 e. The van der Waals surface area contributed by atoms with E-state index in [1.165, 1.54) is 0 Å². The molecule has 0 saturated carbocycles. The van der Waals surface area contributed by atoms with E-state index in [4.69, 9.17) is 9.47 Å². The Morgan fingerprint density at radius 2 is 0.816 bits per heavy atom. The fraction of sp³-hybridized carbons (Fsp3) is 0.0588. The molecule has 0 fully saturated rings. The van der Waals surface area contributed by atoms with Crippen molar-refractivity contribution in [2.45, 2.75) is 13.8 Å². The lowest BCUT2D eigenvalue weighted by atomic mass is 9.85. The van der Waals surface area contributed by atoms with Crippen LogP contribution in [0.4, 0.5) is 0 Å². The van der Waals surface area contributed by atoms with Crippen molar-refractivity contribution < 1.29 is 19.1 Å². The second-order valence-corrected chi connectivity index (χ2v) is 8.81. The zero-order valence-corrected chi connectivity index (χ0v) is 21.4. The van der Waals surface area contributed by atoms with Gasteiger partial charge in [-0.2, -0.15) is 0 Å². The van der Waals surface area contributed by atoms with Gasteiger partial charge in [0, 0.05) is 33.4 Å². The summed E-state index contributed by atoms with van der Waals surface area (Å²) in [5.41, 5.74) is 5.40. The van der Waals surface area contributed by atoms with Crippen LogP contribution in [0.2, 0.25) is 0 Å². The van der Waals surface area contributed by atoms with Gasteiger partial charge in [0.15, 0.2) is 0 Å². The average molecular weight is 501 g/mol. The Bertz CT molecular complexity index is 1410. The van der Waals surface area contributed by atoms with Crippen molar-refractivity contribution in [3.05, 3.63) is 156 Å². The summed E-state index contributed by atoms with van der Waals surface area (Å²) in [6, 6.07) is 34.5. The lowest BCUT2D eigenvalue weighted by Crippen LogP contribution is -2.11. The van der Waals surface area contributed by atoms with Gasteiger partial charge in [-0.1, -0.05) is 110 Å². The van der Waals surface area contributed by atoms with Gasteiger partial charge in [-0.3, -0.25) is 0 Å². The highest BCUT2D eigenvalue weighted by atomic mass is 16.5. The number of benzene rings is 4. The summed E-state index contributed by atoms with van der Waals surface area (Å²) >= 11 is 0. The lowest BCUT2D eigenvalue weighted by Gasteiger charge is -2.21. The number of carbonyl (C=O) groups is 2. The predicted molar refractivity (Wildman–Crippen MR) is 152 cm³/mol. The molecule has 0 spiro atoms. The molecular weight excluding hydrogens is 472 g/mol. The van der Waals surface area contributed by atoms with Crippen LogP contribution in [0.5, 0.6) is 11.5 Å². The van der Waals surface area contributed by atoms with Crippen LogP contribution in [0.3, 0.4) is 0 Å². The molecule has 0 aliphatic carbocycles. The van der Waals surface area contributed by atoms with Crippen molar-refractivity contribution in [1.82, 2.24) is 0 Å². The van der Waals surface area contributed by atoms with Gasteiger partial charge >= 0.3 is 11.9 Å². The molecule has 0 saturated heterocycles. The first-order chi connectivity index (χ1) is 18.4. The minimum absolute atomic E-state index is 0.297. The monoisotopic (exact) mass is 500 g/mol. The first-order valence-corrected chi connectivity index (χ1v) is 12.2. The molecule has 0 aliphatic rings. The number of hydrogen-bond acceptors (Lipinski definition) is 4. The second-order valence-electron chi connectivity index (χ2n) is 8.81. The number of rotatable bonds is 8. The normalized spacial score (nSPS) is 11.2. The summed E-state index contributed by atoms with van der Waals surface area (Å²) < 4.78 is 11.6. The number of para-hydroxylation sites is 2. The molecule has 4 heteroatoms. The van der Waals surface area contributed by atoms with E-state index in [1.807, 2.05) is 97.1 Å². The largest absolute Gasteiger partial charge is 0.423 e. The van der Waals surface area contributed by atoms with E-state index < -0.39 is 11.9 Å². The lowest BCUT2D eigenvalue weighted by molar-refractivity contribution is -0.131. The van der Waals surface area contributed by atoms with Crippen LogP contribution in [0.15, 0.2) is 133 Å². The quantitative estimate of drug-likeness (QED) is 0.108. The van der Waals surface area contributed by atoms with Crippen molar-refractivity contribution in [2.75, 3.05) is 0 Å². The molecule has 0 aliphatic heterocycles. The van der Waals surface area contributed by atoms with Crippen LogP contribution in [0.25, 0.3) is 11.1 Å². The molecule has 0 atom stereocenters. The number of carbonyl (C=O) groups excluding carboxylic acids is 2. The Hall–Kier alpha value is -4.96. The van der Waals surface area contributed by atoms with E-state index >= 15 is 0 Å². The Balaban J connectivity index is 2.11. The third kappa shape index (κ3) is 5.88. The summed E-state index contributed by atoms with van der Waals surface area (Å²) in [7, 11) is 0. The maximum Gasteiger partial charge on any atom is 0.338 e. The molecule has 0 heterocycles. The van der Waals surface area contributed by atoms with E-state index in [9.17, 15) is 9.59 Å². The van der Waals surface area contributed by atoms with Crippen molar-refractivity contribution in [3.8, 4) is 11.5 Å². The first-order valence-electron chi connectivity index (χ1n) is 12.2. The highest BCUT2D eigenvalue weighted by Crippen LogP contribution is 2.43. The molecule has 4 rings (SSSR count). The first kappa shape index (κ1) is 26.1. The summed E-state index contributed by atoms with van der Waals surface area (Å²) in [5, 5.41) is 0. The molecule has 4 aromatic carbocycles. The molecule has 188 valence electrons. The van der Waals surface area contributed by atoms with Gasteiger partial charge in [0.05, 0.1) is 0 Å². The van der Waals surface area contributed by atoms with E-state index in [0.29, 0.717) is 33.8 Å². The fourth-order valence-electron chi connectivity index (χ4n) is 3.98. The Kier molecular flexibility index (Phi) is 8.14. The predicted octanol–water partition coefficient (Wildman–Crippen LogP) is 7.66. The van der Waals surface area contributed by atoms with E-state index in [1.54, 1.807) is 26.0 Å². The van der Waals surface area contributed by atoms with Crippen molar-refractivity contribution in [2.24, 2.45) is 0 Å². The Morgan fingerprint density at radius 3 is 1.16 bits per heavy atom. The van der Waals surface area contributed by atoms with Crippen LogP contribution < -0.4 is 9.47 Å². The molecule has 38 heavy (non-hydrogen) atoms. The zero-order valence-electron chi connectivity index (χ0n) is 21.4. The second kappa shape index (κ2) is 11.8. The standard InChI is InChI=1S/C34H28O4/c1-23(2)33(35)37-29-21-13-11-19-27(29)31(25-15-7-5-8-16-25)32(26-17-9-6-10-18-26)28-20-12-14-22-30(28)38-34(36)24(3)4/h5-22H,1,3H2,2,4H3. The van der Waals surface area contributed by atoms with Gasteiger partial charge < -0.3 is 9.47 Å². The minimum Gasteiger partial charge on any atom is -0.423 e. The third-order valence-electron chi connectivity index (χ3n) is 5.79. The van der Waals surface area contributed by atoms with Crippen LogP contribution >= 0.6 is 0 Å². The zero-order chi connectivity index (χ0) is 27.1. The SMILES string of the molecule is C=C(C)C(=O)Oc1ccccc1C(=C(c1ccccc1)c1ccccc1OC(=O)C(=C)C)c1ccccc1. The van der Waals surface area contributed by atoms with Crippen molar-refractivity contribution in [3.63, 3.8) is 0 Å². The van der Waals surface area contributed by atoms with Gasteiger partial charge in [0.2, 0.25) is 0 Å². The van der Waals surface area contributed by atoms with Crippen molar-refractivity contribution in [1.29, 1.82) is 0 Å². The molecule has 4 nitrogen and oxygen atoms in total. The molecule has 0 aromatic heterocycles. The highest BCUT2D eigenvalue weighted by Gasteiger charge is 2.23. The van der Waals surface area contributed by atoms with E-state index in [2.05, 4.69) is 13.2 Å². The number of esters is 2. The average Bonchev–Trinajstić information content (AvgIpc) is 2.93. The minimum atomic E-state index is -0.512. The maximum atomic E-state index is 12.6. The summed E-state index contributed by atoms with van der Waals surface area (Å²) in [4.78, 5) is 25.1. The summed E-state index contributed by atoms with van der Waals surface area (Å²) in [6.07, 6.45) is 0. The summed E-state index contributed by atoms with van der Waals surface area (Å²) in [5.74, 6) is -0.239. The van der Waals surface area contributed by atoms with Crippen LogP contribution in [-0.2, 0) is 9.59 Å². The number of hydrogen-bond donors (Lipinski definition) is 0. The van der Waals surface area contributed by atoms with Crippen LogP contribution in [0, 0.1) is 0 Å². The molecule has 4 aromatic rings. The Morgan fingerprint density at radius 1 is 0.500 bits per heavy atom. The van der Waals surface area contributed by atoms with Gasteiger partial charge in [0.1, 0.15) is 11.5 Å². The molecular formula is C34H28O4. The molecule has 0 unspecified atom stereocenters. The molecule has 0 bridgehead atoms. The summed E-state index contributed by atoms with van der Waals surface area (Å²) in [6.45, 7) is 10.7. The van der Waals surface area contributed by atoms with Crippen LogP contribution in [-0.4, -0.2) is 11.9 Å². The van der Waals surface area contributed by atoms with Gasteiger partial charge in [-0.05, 0) is 37.1 Å². The molecule has 0 amide bonds. The topological polar surface area (TPSA) is 52.6 Å². The Labute approximate surface area is 223 Å². The maximum absolute atomic E-state index is 12.6.